The summed E-state index contributed by atoms with van der Waals surface area (Å²) in [5.74, 6) is 1.15. The molecule has 8 heteroatoms. The van der Waals surface area contributed by atoms with Crippen LogP contribution >= 0.6 is 11.8 Å². The molecule has 0 saturated heterocycles. The number of hydrogen-bond acceptors (Lipinski definition) is 6. The number of amides is 1. The lowest BCUT2D eigenvalue weighted by Crippen LogP contribution is -2.20. The maximum absolute atomic E-state index is 13.4. The van der Waals surface area contributed by atoms with E-state index in [0.29, 0.717) is 22.4 Å². The normalized spacial score (nSPS) is 11.7. The van der Waals surface area contributed by atoms with Crippen LogP contribution in [-0.4, -0.2) is 32.8 Å². The standard InChI is InChI=1S/C24H23N5O2S/c1-16-9-10-20(31-3)19(15-16)26-23(30)21(17-7-5-4-6-8-17)32-24-28-27-22(29(24)2)18-11-13-25-14-12-18/h4-15,21H,1-3H3,(H,26,30)/t21-/m1/s1. The van der Waals surface area contributed by atoms with E-state index >= 15 is 0 Å². The van der Waals surface area contributed by atoms with Crippen LogP contribution in [0.25, 0.3) is 11.4 Å². The summed E-state index contributed by atoms with van der Waals surface area (Å²) in [5.41, 5.74) is 3.44. The number of thioether (sulfide) groups is 1. The summed E-state index contributed by atoms with van der Waals surface area (Å²) >= 11 is 1.35. The minimum Gasteiger partial charge on any atom is -0.495 e. The fourth-order valence-corrected chi connectivity index (χ4v) is 4.30. The third-order valence-electron chi connectivity index (χ3n) is 4.95. The topological polar surface area (TPSA) is 81.9 Å². The van der Waals surface area contributed by atoms with Crippen LogP contribution < -0.4 is 10.1 Å². The first-order valence-electron chi connectivity index (χ1n) is 10.0. The predicted molar refractivity (Wildman–Crippen MR) is 126 cm³/mol. The molecule has 4 rings (SSSR count). The van der Waals surface area contributed by atoms with Gasteiger partial charge in [0, 0.05) is 25.0 Å². The molecule has 1 N–H and O–H groups in total. The van der Waals surface area contributed by atoms with E-state index in [0.717, 1.165) is 16.7 Å². The van der Waals surface area contributed by atoms with Gasteiger partial charge in [0.2, 0.25) is 5.91 Å². The second-order valence-corrected chi connectivity index (χ2v) is 8.27. The lowest BCUT2D eigenvalue weighted by atomic mass is 10.1. The Morgan fingerprint density at radius 1 is 1.06 bits per heavy atom. The summed E-state index contributed by atoms with van der Waals surface area (Å²) in [6.45, 7) is 1.97. The number of hydrogen-bond donors (Lipinski definition) is 1. The second-order valence-electron chi connectivity index (χ2n) is 7.20. The summed E-state index contributed by atoms with van der Waals surface area (Å²) in [6, 6.07) is 19.1. The van der Waals surface area contributed by atoms with Gasteiger partial charge >= 0.3 is 0 Å². The Balaban J connectivity index is 1.65. The maximum Gasteiger partial charge on any atom is 0.242 e. The molecule has 0 bridgehead atoms. The molecule has 0 fully saturated rings. The smallest absolute Gasteiger partial charge is 0.242 e. The first kappa shape index (κ1) is 21.6. The van der Waals surface area contributed by atoms with E-state index in [9.17, 15) is 4.79 Å². The Kier molecular flexibility index (Phi) is 6.51. The fourth-order valence-electron chi connectivity index (χ4n) is 3.29. The summed E-state index contributed by atoms with van der Waals surface area (Å²) in [6.07, 6.45) is 3.43. The number of rotatable bonds is 7. The van der Waals surface area contributed by atoms with Gasteiger partial charge in [0.15, 0.2) is 11.0 Å². The van der Waals surface area contributed by atoms with Crippen molar-refractivity contribution in [3.63, 3.8) is 0 Å². The average molecular weight is 446 g/mol. The van der Waals surface area contributed by atoms with Gasteiger partial charge in [0.05, 0.1) is 12.8 Å². The number of carbonyl (C=O) groups is 1. The Morgan fingerprint density at radius 3 is 2.53 bits per heavy atom. The summed E-state index contributed by atoms with van der Waals surface area (Å²) in [5, 5.41) is 11.8. The third-order valence-corrected chi connectivity index (χ3v) is 6.24. The molecule has 162 valence electrons. The highest BCUT2D eigenvalue weighted by molar-refractivity contribution is 8.00. The van der Waals surface area contributed by atoms with Crippen LogP contribution in [0.5, 0.6) is 5.75 Å². The van der Waals surface area contributed by atoms with E-state index < -0.39 is 5.25 Å². The summed E-state index contributed by atoms with van der Waals surface area (Å²) in [4.78, 5) is 17.5. The highest BCUT2D eigenvalue weighted by atomic mass is 32.2. The van der Waals surface area contributed by atoms with Gasteiger partial charge in [-0.05, 0) is 42.3 Å². The van der Waals surface area contributed by atoms with Crippen LogP contribution in [0.4, 0.5) is 5.69 Å². The van der Waals surface area contributed by atoms with E-state index in [-0.39, 0.29) is 5.91 Å². The number of anilines is 1. The van der Waals surface area contributed by atoms with Crippen LogP contribution in [0.2, 0.25) is 0 Å². The van der Waals surface area contributed by atoms with Crippen molar-refractivity contribution >= 4 is 23.4 Å². The zero-order chi connectivity index (χ0) is 22.5. The molecule has 4 aromatic rings. The van der Waals surface area contributed by atoms with Crippen molar-refractivity contribution in [3.05, 3.63) is 84.2 Å². The monoisotopic (exact) mass is 445 g/mol. The zero-order valence-corrected chi connectivity index (χ0v) is 18.8. The van der Waals surface area contributed by atoms with E-state index in [2.05, 4.69) is 20.5 Å². The Bertz CT molecular complexity index is 1210. The van der Waals surface area contributed by atoms with Crippen LogP contribution in [0.15, 0.2) is 78.2 Å². The fraction of sp³-hybridized carbons (Fsp3) is 0.167. The molecule has 0 aliphatic heterocycles. The number of nitrogens with one attached hydrogen (secondary N) is 1. The van der Waals surface area contributed by atoms with Gasteiger partial charge in [-0.15, -0.1) is 10.2 Å². The second kappa shape index (κ2) is 9.65. The van der Waals surface area contributed by atoms with Gasteiger partial charge in [-0.1, -0.05) is 48.2 Å². The molecule has 1 atom stereocenters. The molecule has 0 saturated carbocycles. The van der Waals surface area contributed by atoms with Crippen LogP contribution in [0.1, 0.15) is 16.4 Å². The summed E-state index contributed by atoms with van der Waals surface area (Å²) in [7, 11) is 3.48. The number of benzene rings is 2. The number of ether oxygens (including phenoxy) is 1. The predicted octanol–water partition coefficient (Wildman–Crippen LogP) is 4.67. The molecular weight excluding hydrogens is 422 g/mol. The quantitative estimate of drug-likeness (QED) is 0.417. The molecule has 1 amide bonds. The number of aromatic nitrogens is 4. The average Bonchev–Trinajstić information content (AvgIpc) is 3.18. The van der Waals surface area contributed by atoms with E-state index in [1.165, 1.54) is 11.8 Å². The minimum absolute atomic E-state index is 0.168. The van der Waals surface area contributed by atoms with Crippen molar-refractivity contribution in [1.82, 2.24) is 19.7 Å². The van der Waals surface area contributed by atoms with Gasteiger partial charge in [-0.25, -0.2) is 0 Å². The highest BCUT2D eigenvalue weighted by Gasteiger charge is 2.26. The number of aryl methyl sites for hydroxylation is 1. The Morgan fingerprint density at radius 2 is 1.81 bits per heavy atom. The first-order chi connectivity index (χ1) is 15.6. The number of pyridine rings is 1. The molecule has 0 aliphatic carbocycles. The molecule has 32 heavy (non-hydrogen) atoms. The van der Waals surface area contributed by atoms with Crippen molar-refractivity contribution in [3.8, 4) is 17.1 Å². The first-order valence-corrected chi connectivity index (χ1v) is 10.9. The molecule has 0 unspecified atom stereocenters. The molecule has 0 spiro atoms. The SMILES string of the molecule is COc1ccc(C)cc1NC(=O)[C@H](Sc1nnc(-c2ccncc2)n1C)c1ccccc1. The number of nitrogens with zero attached hydrogens (tertiary/aromatic N) is 4. The molecule has 2 aromatic carbocycles. The van der Waals surface area contributed by atoms with Crippen LogP contribution in [0, 0.1) is 6.92 Å². The van der Waals surface area contributed by atoms with E-state index in [4.69, 9.17) is 4.74 Å². The lowest BCUT2D eigenvalue weighted by Gasteiger charge is -2.18. The van der Waals surface area contributed by atoms with Gasteiger partial charge in [0.25, 0.3) is 0 Å². The zero-order valence-electron chi connectivity index (χ0n) is 18.0. The molecule has 2 aromatic heterocycles. The maximum atomic E-state index is 13.4. The van der Waals surface area contributed by atoms with Crippen LogP contribution in [0.3, 0.4) is 0 Å². The lowest BCUT2D eigenvalue weighted by molar-refractivity contribution is -0.115. The minimum atomic E-state index is -0.533. The molecule has 0 aliphatic rings. The van der Waals surface area contributed by atoms with Gasteiger partial charge in [-0.3, -0.25) is 9.78 Å². The largest absolute Gasteiger partial charge is 0.495 e. The summed E-state index contributed by atoms with van der Waals surface area (Å²) < 4.78 is 7.31. The Hall–Kier alpha value is -3.65. The van der Waals surface area contributed by atoms with Crippen LogP contribution in [-0.2, 0) is 11.8 Å². The Labute approximate surface area is 190 Å². The molecular formula is C24H23N5O2S. The van der Waals surface area contributed by atoms with Gasteiger partial charge in [0.1, 0.15) is 11.0 Å². The molecule has 7 nitrogen and oxygen atoms in total. The van der Waals surface area contributed by atoms with Gasteiger partial charge < -0.3 is 14.6 Å². The van der Waals surface area contributed by atoms with Gasteiger partial charge in [-0.2, -0.15) is 0 Å². The number of carbonyl (C=O) groups excluding carboxylic acids is 1. The third kappa shape index (κ3) is 4.65. The molecule has 2 heterocycles. The highest BCUT2D eigenvalue weighted by Crippen LogP contribution is 2.37. The van der Waals surface area contributed by atoms with Crippen molar-refractivity contribution in [2.45, 2.75) is 17.3 Å². The van der Waals surface area contributed by atoms with E-state index in [1.54, 1.807) is 19.5 Å². The van der Waals surface area contributed by atoms with Crippen molar-refractivity contribution in [2.75, 3.05) is 12.4 Å². The number of methoxy groups -OCH3 is 1. The van der Waals surface area contributed by atoms with Crippen molar-refractivity contribution < 1.29 is 9.53 Å². The van der Waals surface area contributed by atoms with Crippen molar-refractivity contribution in [2.24, 2.45) is 7.05 Å². The molecule has 0 radical (unpaired) electrons. The van der Waals surface area contributed by atoms with E-state index in [1.807, 2.05) is 79.2 Å². The van der Waals surface area contributed by atoms with Crippen molar-refractivity contribution in [1.29, 1.82) is 0 Å².